The Labute approximate surface area is 132 Å². The van der Waals surface area contributed by atoms with E-state index in [2.05, 4.69) is 57.3 Å². The molecule has 0 aliphatic rings. The molecule has 0 aliphatic carbocycles. The first-order chi connectivity index (χ1) is 9.98. The fourth-order valence-electron chi connectivity index (χ4n) is 1.99. The van der Waals surface area contributed by atoms with Crippen molar-refractivity contribution in [1.29, 1.82) is 0 Å². The number of ether oxygens (including phenoxy) is 1. The zero-order valence-electron chi connectivity index (χ0n) is 13.4. The Morgan fingerprint density at radius 2 is 1.76 bits per heavy atom. The van der Waals surface area contributed by atoms with Crippen molar-refractivity contribution >= 4 is 11.3 Å². The number of nitrogens with one attached hydrogen (secondary N) is 1. The van der Waals surface area contributed by atoms with Crippen LogP contribution in [0.4, 0.5) is 0 Å². The second-order valence-electron chi connectivity index (χ2n) is 6.22. The van der Waals surface area contributed by atoms with Gasteiger partial charge in [0.15, 0.2) is 0 Å². The summed E-state index contributed by atoms with van der Waals surface area (Å²) < 4.78 is 6.02. The highest BCUT2D eigenvalue weighted by atomic mass is 32.1. The van der Waals surface area contributed by atoms with Gasteiger partial charge < -0.3 is 10.1 Å². The Bertz CT molecular complexity index is 569. The van der Waals surface area contributed by atoms with Gasteiger partial charge in [-0.3, -0.25) is 0 Å². The first-order valence-electron chi connectivity index (χ1n) is 7.51. The molecule has 1 aromatic carbocycles. The number of aryl methyl sites for hydroxylation is 1. The quantitative estimate of drug-likeness (QED) is 0.829. The van der Waals surface area contributed by atoms with Gasteiger partial charge in [-0.25, -0.2) is 0 Å². The Hall–Kier alpha value is -1.32. The number of hydrogen-bond acceptors (Lipinski definition) is 3. The van der Waals surface area contributed by atoms with Crippen molar-refractivity contribution in [3.8, 4) is 5.75 Å². The maximum atomic E-state index is 6.02. The van der Waals surface area contributed by atoms with E-state index >= 15 is 0 Å². The summed E-state index contributed by atoms with van der Waals surface area (Å²) in [6.07, 6.45) is 1.09. The third kappa shape index (κ3) is 5.18. The Morgan fingerprint density at radius 3 is 2.43 bits per heavy atom. The molecule has 0 unspecified atom stereocenters. The van der Waals surface area contributed by atoms with Crippen LogP contribution >= 0.6 is 11.3 Å². The van der Waals surface area contributed by atoms with Crippen molar-refractivity contribution in [2.75, 3.05) is 0 Å². The van der Waals surface area contributed by atoms with Gasteiger partial charge in [-0.1, -0.05) is 25.1 Å². The minimum atomic E-state index is 0.108. The summed E-state index contributed by atoms with van der Waals surface area (Å²) in [6.45, 7) is 10.2. The van der Waals surface area contributed by atoms with E-state index in [4.69, 9.17) is 4.74 Å². The molecule has 0 saturated heterocycles. The van der Waals surface area contributed by atoms with Crippen molar-refractivity contribution in [2.45, 2.75) is 52.8 Å². The van der Waals surface area contributed by atoms with Crippen LogP contribution in [0.15, 0.2) is 36.4 Å². The molecule has 114 valence electrons. The fraction of sp³-hybridized carbons (Fsp3) is 0.444. The van der Waals surface area contributed by atoms with Crippen LogP contribution in [0.25, 0.3) is 0 Å². The molecule has 0 spiro atoms. The molecule has 0 atom stereocenters. The fourth-order valence-corrected chi connectivity index (χ4v) is 2.86. The molecule has 1 heterocycles. The first kappa shape index (κ1) is 16.1. The lowest BCUT2D eigenvalue weighted by Crippen LogP contribution is -2.35. The molecule has 1 N–H and O–H groups in total. The maximum absolute atomic E-state index is 6.02. The van der Waals surface area contributed by atoms with Crippen LogP contribution in [0.5, 0.6) is 5.75 Å². The minimum absolute atomic E-state index is 0.108. The van der Waals surface area contributed by atoms with Crippen molar-refractivity contribution in [2.24, 2.45) is 0 Å². The standard InChI is InChI=1S/C18H25NOS/c1-5-15-10-11-16(21-15)13-20-17-9-7-6-8-14(17)12-19-18(2,3)4/h6-11,19H,5,12-13H2,1-4H3. The Morgan fingerprint density at radius 1 is 1.05 bits per heavy atom. The summed E-state index contributed by atoms with van der Waals surface area (Å²) in [5.41, 5.74) is 1.32. The highest BCUT2D eigenvalue weighted by Crippen LogP contribution is 2.23. The largest absolute Gasteiger partial charge is 0.488 e. The molecule has 2 nitrogen and oxygen atoms in total. The smallest absolute Gasteiger partial charge is 0.124 e. The molecule has 2 rings (SSSR count). The van der Waals surface area contributed by atoms with E-state index in [-0.39, 0.29) is 5.54 Å². The Balaban J connectivity index is 1.99. The molecule has 0 saturated carbocycles. The van der Waals surface area contributed by atoms with E-state index in [1.165, 1.54) is 15.3 Å². The van der Waals surface area contributed by atoms with Gasteiger partial charge in [0.2, 0.25) is 0 Å². The first-order valence-corrected chi connectivity index (χ1v) is 8.33. The molecule has 0 amide bonds. The van der Waals surface area contributed by atoms with Crippen LogP contribution < -0.4 is 10.1 Å². The van der Waals surface area contributed by atoms with Crippen molar-refractivity contribution in [3.63, 3.8) is 0 Å². The van der Waals surface area contributed by atoms with E-state index in [9.17, 15) is 0 Å². The van der Waals surface area contributed by atoms with Gasteiger partial charge >= 0.3 is 0 Å². The third-order valence-corrected chi connectivity index (χ3v) is 4.42. The SMILES string of the molecule is CCc1ccc(COc2ccccc2CNC(C)(C)C)s1. The van der Waals surface area contributed by atoms with E-state index in [1.54, 1.807) is 0 Å². The number of thiophene rings is 1. The average molecular weight is 303 g/mol. The summed E-state index contributed by atoms with van der Waals surface area (Å²) in [5.74, 6) is 0.973. The van der Waals surface area contributed by atoms with Crippen molar-refractivity contribution in [3.05, 3.63) is 51.7 Å². The van der Waals surface area contributed by atoms with Crippen LogP contribution in [0.1, 0.15) is 43.0 Å². The van der Waals surface area contributed by atoms with E-state index in [0.29, 0.717) is 6.61 Å². The van der Waals surface area contributed by atoms with Crippen LogP contribution in [-0.2, 0) is 19.6 Å². The highest BCUT2D eigenvalue weighted by molar-refractivity contribution is 7.11. The predicted molar refractivity (Wildman–Crippen MR) is 91.1 cm³/mol. The van der Waals surface area contributed by atoms with Crippen LogP contribution in [0.3, 0.4) is 0 Å². The number of para-hydroxylation sites is 1. The molecule has 0 bridgehead atoms. The normalized spacial score (nSPS) is 11.6. The Kier molecular flexibility index (Phi) is 5.43. The molecule has 1 aromatic heterocycles. The molecular weight excluding hydrogens is 278 g/mol. The van der Waals surface area contributed by atoms with Gasteiger partial charge in [0.1, 0.15) is 12.4 Å². The lowest BCUT2D eigenvalue weighted by atomic mass is 10.1. The molecule has 2 aromatic rings. The molecular formula is C18H25NOS. The van der Waals surface area contributed by atoms with Gasteiger partial charge in [0, 0.05) is 27.4 Å². The second kappa shape index (κ2) is 7.10. The number of hydrogen-bond donors (Lipinski definition) is 1. The summed E-state index contributed by atoms with van der Waals surface area (Å²) in [4.78, 5) is 2.70. The van der Waals surface area contributed by atoms with Crippen LogP contribution in [0.2, 0.25) is 0 Å². The predicted octanol–water partition coefficient (Wildman–Crippen LogP) is 4.78. The molecule has 3 heteroatoms. The number of benzene rings is 1. The topological polar surface area (TPSA) is 21.3 Å². The summed E-state index contributed by atoms with van der Waals surface area (Å²) in [7, 11) is 0. The summed E-state index contributed by atoms with van der Waals surface area (Å²) in [6, 6.07) is 12.6. The highest BCUT2D eigenvalue weighted by Gasteiger charge is 2.11. The monoisotopic (exact) mass is 303 g/mol. The van der Waals surface area contributed by atoms with E-state index in [0.717, 1.165) is 18.7 Å². The van der Waals surface area contributed by atoms with Crippen molar-refractivity contribution < 1.29 is 4.74 Å². The molecule has 0 fully saturated rings. The van der Waals surface area contributed by atoms with Gasteiger partial charge in [-0.15, -0.1) is 11.3 Å². The van der Waals surface area contributed by atoms with Gasteiger partial charge in [-0.2, -0.15) is 0 Å². The molecule has 0 aliphatic heterocycles. The van der Waals surface area contributed by atoms with Gasteiger partial charge in [0.25, 0.3) is 0 Å². The third-order valence-electron chi connectivity index (χ3n) is 3.22. The average Bonchev–Trinajstić information content (AvgIpc) is 2.91. The molecule has 0 radical (unpaired) electrons. The summed E-state index contributed by atoms with van der Waals surface area (Å²) >= 11 is 1.83. The van der Waals surface area contributed by atoms with Gasteiger partial charge in [0.05, 0.1) is 0 Å². The van der Waals surface area contributed by atoms with E-state index < -0.39 is 0 Å². The summed E-state index contributed by atoms with van der Waals surface area (Å²) in [5, 5.41) is 3.51. The van der Waals surface area contributed by atoms with E-state index in [1.807, 2.05) is 23.5 Å². The van der Waals surface area contributed by atoms with Crippen LogP contribution in [-0.4, -0.2) is 5.54 Å². The zero-order chi connectivity index (χ0) is 15.3. The maximum Gasteiger partial charge on any atom is 0.124 e. The second-order valence-corrected chi connectivity index (χ2v) is 7.47. The molecule has 21 heavy (non-hydrogen) atoms. The zero-order valence-corrected chi connectivity index (χ0v) is 14.2. The lowest BCUT2D eigenvalue weighted by Gasteiger charge is -2.21. The lowest BCUT2D eigenvalue weighted by molar-refractivity contribution is 0.303. The van der Waals surface area contributed by atoms with Crippen molar-refractivity contribution in [1.82, 2.24) is 5.32 Å². The number of rotatable bonds is 6. The van der Waals surface area contributed by atoms with Gasteiger partial charge in [-0.05, 0) is 45.4 Å². The van der Waals surface area contributed by atoms with Crippen LogP contribution in [0, 0.1) is 0 Å². The minimum Gasteiger partial charge on any atom is -0.488 e.